The van der Waals surface area contributed by atoms with Crippen LogP contribution in [0.1, 0.15) is 52.1 Å². The van der Waals surface area contributed by atoms with Gasteiger partial charge in [0, 0.05) is 23.1 Å². The zero-order valence-corrected chi connectivity index (χ0v) is 46.9. The van der Waals surface area contributed by atoms with Crippen LogP contribution >= 0.6 is 46.2 Å². The lowest BCUT2D eigenvalue weighted by Crippen LogP contribution is -2.71. The van der Waals surface area contributed by atoms with E-state index in [1.807, 2.05) is 158 Å². The van der Waals surface area contributed by atoms with E-state index in [-0.39, 0.29) is 23.7 Å². The van der Waals surface area contributed by atoms with E-state index in [9.17, 15) is 19.2 Å². The Bertz CT molecular complexity index is 3570. The van der Waals surface area contributed by atoms with Gasteiger partial charge in [-0.15, -0.1) is 34.4 Å². The van der Waals surface area contributed by atoms with Gasteiger partial charge in [-0.2, -0.15) is 0 Å². The first-order chi connectivity index (χ1) is 39.7. The van der Waals surface area contributed by atoms with Crippen molar-refractivity contribution in [3.05, 3.63) is 250 Å². The molecule has 2 amide bonds. The van der Waals surface area contributed by atoms with Crippen LogP contribution in [-0.2, 0) is 45.6 Å². The van der Waals surface area contributed by atoms with Gasteiger partial charge in [-0.05, 0) is 64.1 Å². The number of pyridine rings is 1. The van der Waals surface area contributed by atoms with Gasteiger partial charge in [0.2, 0.25) is 6.10 Å². The topological polar surface area (TPSA) is 184 Å². The lowest BCUT2D eigenvalue weighted by atomic mass is 9.77. The van der Waals surface area contributed by atoms with E-state index in [2.05, 4.69) is 20.8 Å². The Labute approximate surface area is 483 Å². The molecule has 15 nitrogen and oxygen atoms in total. The van der Waals surface area contributed by atoms with E-state index in [4.69, 9.17) is 29.0 Å². The molecule has 2 N–H and O–H groups in total. The number of thiazole rings is 2. The standard InChI is InChI=1S/C62H51N7O8S4/c1-39(58(72)76-54(41-18-8-3-9-19-41)42-20-10-4-11-21-42)77-68-51(49-38-79-60(64-49)67-62(44-22-12-5-13-23-44,45-24-14-6-15-25-45)46-26-16-7-17-27-46)55(70)66-52-56(71)69-53(59(73)75-35-40-28-30-47(74-2)31-29-40)43(36-78-57(52)69)37-80-61-65-48-34-63-33-32-50(48)81-61/h3-34,38-39,52,54,57H,35-37H2,1-2H3,(H,64,67)(H,66,70)/b68-51+/t39-,52?,57+/m0/s1. The van der Waals surface area contributed by atoms with Crippen LogP contribution in [0.25, 0.3) is 10.2 Å². The van der Waals surface area contributed by atoms with Crippen LogP contribution in [0.15, 0.2) is 221 Å². The van der Waals surface area contributed by atoms with Crippen molar-refractivity contribution < 1.29 is 38.2 Å². The number of carbonyl (C=O) groups excluding carboxylic acids is 4. The first-order valence-electron chi connectivity index (χ1n) is 25.7. The van der Waals surface area contributed by atoms with Gasteiger partial charge in [0.25, 0.3) is 11.8 Å². The van der Waals surface area contributed by atoms with Gasteiger partial charge >= 0.3 is 11.9 Å². The number of methoxy groups -OCH3 is 1. The minimum Gasteiger partial charge on any atom is -0.497 e. The minimum atomic E-state index is -1.32. The maximum atomic E-state index is 15.0. The van der Waals surface area contributed by atoms with Crippen LogP contribution in [-0.4, -0.2) is 85.5 Å². The number of nitrogens with one attached hydrogen (secondary N) is 2. The molecule has 5 heterocycles. The molecule has 0 aliphatic carbocycles. The van der Waals surface area contributed by atoms with Crippen molar-refractivity contribution in [3.8, 4) is 5.75 Å². The summed E-state index contributed by atoms with van der Waals surface area (Å²) in [6.07, 6.45) is 1.33. The fraction of sp³-hybridized carbons (Fsp3) is 0.161. The Morgan fingerprint density at radius 2 is 1.40 bits per heavy atom. The number of thioether (sulfide) groups is 2. The summed E-state index contributed by atoms with van der Waals surface area (Å²) in [7, 11) is 1.57. The summed E-state index contributed by atoms with van der Waals surface area (Å²) in [5, 5.41) is 12.4. The molecule has 0 spiro atoms. The number of hydrogen-bond donors (Lipinski definition) is 2. The first-order valence-corrected chi connectivity index (χ1v) is 29.5. The number of aromatic nitrogens is 3. The maximum absolute atomic E-state index is 15.0. The molecule has 81 heavy (non-hydrogen) atoms. The number of carbonyl (C=O) groups is 4. The number of benzene rings is 6. The monoisotopic (exact) mass is 1150 g/mol. The van der Waals surface area contributed by atoms with E-state index < -0.39 is 52.9 Å². The molecule has 3 aromatic heterocycles. The Balaban J connectivity index is 0.896. The molecule has 2 aliphatic rings. The molecule has 3 atom stereocenters. The summed E-state index contributed by atoms with van der Waals surface area (Å²) in [5.74, 6) is -1.43. The molecule has 1 saturated heterocycles. The summed E-state index contributed by atoms with van der Waals surface area (Å²) >= 11 is 5.60. The van der Waals surface area contributed by atoms with Crippen LogP contribution in [0.2, 0.25) is 0 Å². The normalized spacial score (nSPS) is 15.6. The summed E-state index contributed by atoms with van der Waals surface area (Å²) in [6, 6.07) is 56.6. The van der Waals surface area contributed by atoms with E-state index in [1.165, 1.54) is 58.0 Å². The molecule has 9 aromatic rings. The second-order valence-electron chi connectivity index (χ2n) is 18.7. The molecule has 0 radical (unpaired) electrons. The second-order valence-corrected chi connectivity index (χ2v) is 22.9. The van der Waals surface area contributed by atoms with Crippen molar-refractivity contribution in [1.82, 2.24) is 25.2 Å². The highest BCUT2D eigenvalue weighted by molar-refractivity contribution is 8.02. The maximum Gasteiger partial charge on any atom is 0.355 e. The highest BCUT2D eigenvalue weighted by atomic mass is 32.2. The van der Waals surface area contributed by atoms with Crippen molar-refractivity contribution in [1.29, 1.82) is 0 Å². The van der Waals surface area contributed by atoms with Gasteiger partial charge < -0.3 is 29.7 Å². The van der Waals surface area contributed by atoms with E-state index >= 15 is 0 Å². The molecule has 6 aromatic carbocycles. The number of nitrogens with zero attached hydrogens (tertiary/aromatic N) is 5. The Kier molecular flexibility index (Phi) is 16.6. The molecule has 19 heteroatoms. The van der Waals surface area contributed by atoms with Gasteiger partial charge in [-0.1, -0.05) is 181 Å². The van der Waals surface area contributed by atoms with Crippen molar-refractivity contribution in [2.45, 2.75) is 47.0 Å². The number of ether oxygens (including phenoxy) is 3. The molecule has 0 bridgehead atoms. The predicted octanol–water partition coefficient (Wildman–Crippen LogP) is 11.2. The van der Waals surface area contributed by atoms with Gasteiger partial charge in [-0.3, -0.25) is 19.5 Å². The van der Waals surface area contributed by atoms with E-state index in [1.54, 1.807) is 49.1 Å². The van der Waals surface area contributed by atoms with Crippen molar-refractivity contribution >= 4 is 91.0 Å². The van der Waals surface area contributed by atoms with Crippen LogP contribution < -0.4 is 15.4 Å². The Morgan fingerprint density at radius 1 is 0.790 bits per heavy atom. The highest BCUT2D eigenvalue weighted by Crippen LogP contribution is 2.44. The first kappa shape index (κ1) is 54.3. The number of rotatable bonds is 21. The number of esters is 2. The molecule has 1 unspecified atom stereocenters. The predicted molar refractivity (Wildman–Crippen MR) is 316 cm³/mol. The van der Waals surface area contributed by atoms with Gasteiger partial charge in [0.1, 0.15) is 46.2 Å². The van der Waals surface area contributed by atoms with Crippen molar-refractivity contribution in [3.63, 3.8) is 0 Å². The molecular formula is C62H51N7O8S4. The van der Waals surface area contributed by atoms with Crippen LogP contribution in [0.4, 0.5) is 5.13 Å². The van der Waals surface area contributed by atoms with E-state index in [0.717, 1.165) is 47.9 Å². The third kappa shape index (κ3) is 11.8. The third-order valence-corrected chi connectivity index (χ3v) is 17.9. The zero-order valence-electron chi connectivity index (χ0n) is 43.6. The largest absolute Gasteiger partial charge is 0.497 e. The fourth-order valence-electron chi connectivity index (χ4n) is 9.46. The summed E-state index contributed by atoms with van der Waals surface area (Å²) in [6.45, 7) is 1.42. The zero-order chi connectivity index (χ0) is 55.7. The highest BCUT2D eigenvalue weighted by Gasteiger charge is 2.55. The number of anilines is 1. The molecule has 1 fully saturated rings. The average Bonchev–Trinajstić information content (AvgIpc) is 4.29. The summed E-state index contributed by atoms with van der Waals surface area (Å²) in [5.41, 5.74) is 5.37. The van der Waals surface area contributed by atoms with Crippen LogP contribution in [0.3, 0.4) is 0 Å². The Morgan fingerprint density at radius 3 is 1.99 bits per heavy atom. The number of β-lactam (4-membered cyclic amide) rings is 1. The smallest absolute Gasteiger partial charge is 0.355 e. The minimum absolute atomic E-state index is 0.0593. The van der Waals surface area contributed by atoms with Crippen LogP contribution in [0, 0.1) is 0 Å². The SMILES string of the molecule is COc1ccc(COC(=O)C2=C(CSc3nc4cnccc4s3)CS[C@@H]3C(NC(=O)/C(=N/O[C@@H](C)C(=O)OC(c4ccccc4)c4ccccc4)c4csc(NC(c5ccccc5)(c5ccccc5)c5ccccc5)n4)C(=O)N23)cc1. The van der Waals surface area contributed by atoms with E-state index in [0.29, 0.717) is 28.0 Å². The van der Waals surface area contributed by atoms with Gasteiger partial charge in [-0.25, -0.2) is 19.6 Å². The van der Waals surface area contributed by atoms with Crippen LogP contribution in [0.5, 0.6) is 5.75 Å². The molecular weight excluding hydrogens is 1100 g/mol. The third-order valence-electron chi connectivity index (χ3n) is 13.5. The molecule has 11 rings (SSSR count). The number of hydrogen-bond acceptors (Lipinski definition) is 17. The molecule has 2 aliphatic heterocycles. The van der Waals surface area contributed by atoms with Gasteiger partial charge in [0.15, 0.2) is 21.3 Å². The van der Waals surface area contributed by atoms with Crippen molar-refractivity contribution in [2.75, 3.05) is 23.9 Å². The fourth-order valence-corrected chi connectivity index (χ4v) is 13.7. The van der Waals surface area contributed by atoms with Gasteiger partial charge in [0.05, 0.1) is 18.0 Å². The molecule has 406 valence electrons. The molecule has 0 saturated carbocycles. The number of fused-ring (bicyclic) bond motifs is 2. The average molecular weight is 1150 g/mol. The number of oxime groups is 1. The summed E-state index contributed by atoms with van der Waals surface area (Å²) in [4.78, 5) is 79.1. The Hall–Kier alpha value is -8.62. The second kappa shape index (κ2) is 24.8. The summed E-state index contributed by atoms with van der Waals surface area (Å²) < 4.78 is 19.1. The lowest BCUT2D eigenvalue weighted by molar-refractivity contribution is -0.160. The van der Waals surface area contributed by atoms with Crippen molar-refractivity contribution in [2.24, 2.45) is 5.16 Å². The lowest BCUT2D eigenvalue weighted by Gasteiger charge is -2.49. The quantitative estimate of drug-likeness (QED) is 0.0173. The number of amides is 2.